The Hall–Kier alpha value is -0.340. The molecule has 20 heavy (non-hydrogen) atoms. The molecule has 2 rings (SSSR count). The highest BCUT2D eigenvalue weighted by atomic mass is 32.1. The van der Waals surface area contributed by atoms with Crippen LogP contribution in [0, 0.1) is 11.3 Å². The van der Waals surface area contributed by atoms with Crippen LogP contribution in [0.2, 0.25) is 0 Å². The second kappa shape index (κ2) is 7.61. The van der Waals surface area contributed by atoms with Gasteiger partial charge in [-0.25, -0.2) is 0 Å². The predicted molar refractivity (Wildman–Crippen MR) is 90.5 cm³/mol. The molecule has 0 amide bonds. The van der Waals surface area contributed by atoms with Gasteiger partial charge in [-0.3, -0.25) is 0 Å². The summed E-state index contributed by atoms with van der Waals surface area (Å²) in [6, 6.07) is 2.99. The molecule has 0 aliphatic heterocycles. The minimum absolute atomic E-state index is 0.570. The van der Waals surface area contributed by atoms with Gasteiger partial charge in [0.05, 0.1) is 0 Å². The highest BCUT2D eigenvalue weighted by Gasteiger charge is 2.40. The minimum Gasteiger partial charge on any atom is -0.314 e. The molecule has 1 aromatic rings. The van der Waals surface area contributed by atoms with Crippen molar-refractivity contribution in [1.82, 2.24) is 5.32 Å². The molecule has 1 aromatic heterocycles. The van der Waals surface area contributed by atoms with Crippen molar-refractivity contribution in [3.8, 4) is 0 Å². The van der Waals surface area contributed by atoms with Gasteiger partial charge in [-0.05, 0) is 72.4 Å². The van der Waals surface area contributed by atoms with Crippen molar-refractivity contribution in [2.45, 2.75) is 71.8 Å². The quantitative estimate of drug-likeness (QED) is 0.689. The van der Waals surface area contributed by atoms with Gasteiger partial charge in [0.25, 0.3) is 0 Å². The van der Waals surface area contributed by atoms with Crippen molar-refractivity contribution >= 4 is 11.3 Å². The smallest absolute Gasteiger partial charge is 0.0127 e. The Morgan fingerprint density at radius 2 is 2.05 bits per heavy atom. The summed E-state index contributed by atoms with van der Waals surface area (Å²) in [7, 11) is 0. The number of aryl methyl sites for hydroxylation is 1. The molecule has 1 aliphatic rings. The fourth-order valence-electron chi connectivity index (χ4n) is 4.20. The van der Waals surface area contributed by atoms with E-state index in [-0.39, 0.29) is 0 Å². The van der Waals surface area contributed by atoms with Gasteiger partial charge in [-0.1, -0.05) is 33.6 Å². The van der Waals surface area contributed by atoms with Gasteiger partial charge >= 0.3 is 0 Å². The highest BCUT2D eigenvalue weighted by Crippen LogP contribution is 2.47. The predicted octanol–water partition coefficient (Wildman–Crippen LogP) is 5.27. The summed E-state index contributed by atoms with van der Waals surface area (Å²) in [5.41, 5.74) is 2.09. The summed E-state index contributed by atoms with van der Waals surface area (Å²) >= 11 is 1.83. The zero-order valence-corrected chi connectivity index (χ0v) is 14.3. The first-order valence-electron chi connectivity index (χ1n) is 8.41. The highest BCUT2D eigenvalue weighted by molar-refractivity contribution is 7.07. The molecule has 1 fully saturated rings. The van der Waals surface area contributed by atoms with Gasteiger partial charge in [-0.15, -0.1) is 0 Å². The maximum absolute atomic E-state index is 3.84. The molecule has 0 radical (unpaired) electrons. The van der Waals surface area contributed by atoms with Crippen LogP contribution in [0.4, 0.5) is 0 Å². The average molecular weight is 294 g/mol. The molecule has 1 nitrogen and oxygen atoms in total. The molecule has 0 saturated heterocycles. The lowest BCUT2D eigenvalue weighted by Crippen LogP contribution is -2.45. The van der Waals surface area contributed by atoms with E-state index in [1.54, 1.807) is 0 Å². The molecular formula is C18H31NS. The number of hydrogen-bond acceptors (Lipinski definition) is 2. The minimum atomic E-state index is 0.570. The molecule has 1 unspecified atom stereocenters. The van der Waals surface area contributed by atoms with E-state index in [4.69, 9.17) is 0 Å². The largest absolute Gasteiger partial charge is 0.314 e. The summed E-state index contributed by atoms with van der Waals surface area (Å²) < 4.78 is 0. The van der Waals surface area contributed by atoms with Crippen LogP contribution in [0.3, 0.4) is 0 Å². The second-order valence-corrected chi connectivity index (χ2v) is 7.73. The molecule has 114 valence electrons. The number of nitrogens with one attached hydrogen (secondary N) is 1. The van der Waals surface area contributed by atoms with Crippen LogP contribution in [0.15, 0.2) is 16.8 Å². The summed E-state index contributed by atoms with van der Waals surface area (Å²) in [6.07, 6.45) is 9.69. The van der Waals surface area contributed by atoms with E-state index >= 15 is 0 Å². The molecule has 1 atom stereocenters. The van der Waals surface area contributed by atoms with E-state index in [1.165, 1.54) is 50.5 Å². The summed E-state index contributed by atoms with van der Waals surface area (Å²) in [5.74, 6) is 0.815. The van der Waals surface area contributed by atoms with E-state index in [0.717, 1.165) is 12.5 Å². The van der Waals surface area contributed by atoms with E-state index in [2.05, 4.69) is 42.9 Å². The van der Waals surface area contributed by atoms with E-state index in [0.29, 0.717) is 11.5 Å². The Morgan fingerprint density at radius 1 is 1.30 bits per heavy atom. The normalized spacial score (nSPS) is 19.6. The van der Waals surface area contributed by atoms with Gasteiger partial charge in [0, 0.05) is 6.04 Å². The van der Waals surface area contributed by atoms with Crippen LogP contribution in [0.25, 0.3) is 0 Å². The van der Waals surface area contributed by atoms with Crippen LogP contribution in [0.1, 0.15) is 64.9 Å². The first-order chi connectivity index (χ1) is 9.66. The zero-order chi connectivity index (χ0) is 14.4. The Kier molecular flexibility index (Phi) is 6.10. The molecular weight excluding hydrogens is 262 g/mol. The lowest BCUT2D eigenvalue weighted by molar-refractivity contribution is 0.149. The van der Waals surface area contributed by atoms with Crippen molar-refractivity contribution in [1.29, 1.82) is 0 Å². The lowest BCUT2D eigenvalue weighted by atomic mass is 9.71. The Morgan fingerprint density at radius 3 is 2.60 bits per heavy atom. The number of rotatable bonds is 8. The molecule has 0 bridgehead atoms. The second-order valence-electron chi connectivity index (χ2n) is 6.95. The van der Waals surface area contributed by atoms with Crippen LogP contribution in [0.5, 0.6) is 0 Å². The van der Waals surface area contributed by atoms with Crippen LogP contribution >= 0.6 is 11.3 Å². The van der Waals surface area contributed by atoms with Gasteiger partial charge in [0.2, 0.25) is 0 Å². The number of thiophene rings is 1. The van der Waals surface area contributed by atoms with E-state index in [1.807, 2.05) is 11.3 Å². The van der Waals surface area contributed by atoms with Crippen molar-refractivity contribution in [2.75, 3.05) is 6.54 Å². The lowest BCUT2D eigenvalue weighted by Gasteiger charge is -2.40. The third-order valence-corrected chi connectivity index (χ3v) is 5.64. The fraction of sp³-hybridized carbons (Fsp3) is 0.778. The maximum Gasteiger partial charge on any atom is 0.0127 e. The van der Waals surface area contributed by atoms with Crippen molar-refractivity contribution < 1.29 is 0 Å². The topological polar surface area (TPSA) is 12.0 Å². The fourth-order valence-corrected chi connectivity index (χ4v) is 4.91. The van der Waals surface area contributed by atoms with E-state index in [9.17, 15) is 0 Å². The average Bonchev–Trinajstić information content (AvgIpc) is 3.05. The third kappa shape index (κ3) is 4.08. The molecule has 1 aliphatic carbocycles. The Bertz CT molecular complexity index is 363. The van der Waals surface area contributed by atoms with Crippen LogP contribution in [-0.2, 0) is 6.42 Å². The van der Waals surface area contributed by atoms with Crippen molar-refractivity contribution in [3.63, 3.8) is 0 Å². The third-order valence-electron chi connectivity index (χ3n) is 4.91. The molecule has 0 spiro atoms. The van der Waals surface area contributed by atoms with Crippen LogP contribution < -0.4 is 5.32 Å². The van der Waals surface area contributed by atoms with Crippen molar-refractivity contribution in [3.05, 3.63) is 22.4 Å². The van der Waals surface area contributed by atoms with Crippen LogP contribution in [-0.4, -0.2) is 12.6 Å². The summed E-state index contributed by atoms with van der Waals surface area (Å²) in [5, 5.41) is 8.35. The van der Waals surface area contributed by atoms with Gasteiger partial charge < -0.3 is 5.32 Å². The Labute approximate surface area is 129 Å². The molecule has 1 N–H and O–H groups in total. The molecule has 0 aromatic carbocycles. The molecule has 1 saturated carbocycles. The first-order valence-corrected chi connectivity index (χ1v) is 9.35. The standard InChI is InChI=1S/C18H31NS/c1-4-19-17(8-7-16-9-12-20-14-16)18(13-15(2)3)10-5-6-11-18/h9,12,14-15,17,19H,4-8,10-11,13H2,1-3H3. The first kappa shape index (κ1) is 16.0. The zero-order valence-electron chi connectivity index (χ0n) is 13.5. The summed E-state index contributed by atoms with van der Waals surface area (Å²) in [6.45, 7) is 8.15. The Balaban J connectivity index is 2.03. The maximum atomic E-state index is 3.84. The van der Waals surface area contributed by atoms with Gasteiger partial charge in [0.15, 0.2) is 0 Å². The van der Waals surface area contributed by atoms with Gasteiger partial charge in [-0.2, -0.15) is 11.3 Å². The van der Waals surface area contributed by atoms with Gasteiger partial charge in [0.1, 0.15) is 0 Å². The molecule has 1 heterocycles. The number of hydrogen-bond donors (Lipinski definition) is 1. The van der Waals surface area contributed by atoms with E-state index < -0.39 is 0 Å². The molecule has 2 heteroatoms. The van der Waals surface area contributed by atoms with Crippen molar-refractivity contribution in [2.24, 2.45) is 11.3 Å². The SMILES string of the molecule is CCNC(CCc1ccsc1)C1(CC(C)C)CCCC1. The monoisotopic (exact) mass is 293 g/mol. The summed E-state index contributed by atoms with van der Waals surface area (Å²) in [4.78, 5) is 0.